The number of aliphatic hydroxyl groups is 1. The largest absolute Gasteiger partial charge is 0.550 e. The average Bonchev–Trinajstić information content (AvgIpc) is 2.70. The zero-order chi connectivity index (χ0) is 22.2. The van der Waals surface area contributed by atoms with Crippen molar-refractivity contribution in [1.82, 2.24) is 0 Å². The van der Waals surface area contributed by atoms with Gasteiger partial charge in [0, 0.05) is 12.0 Å². The maximum Gasteiger partial charge on any atom is 0.321 e. The van der Waals surface area contributed by atoms with E-state index in [2.05, 4.69) is 69.3 Å². The molecule has 0 spiro atoms. The van der Waals surface area contributed by atoms with Gasteiger partial charge in [0.05, 0.1) is 0 Å². The highest BCUT2D eigenvalue weighted by Crippen LogP contribution is 2.36. The van der Waals surface area contributed by atoms with Crippen molar-refractivity contribution in [2.75, 3.05) is 6.61 Å². The number of carbonyl (C=O) groups is 1. The third-order valence-corrected chi connectivity index (χ3v) is 9.91. The van der Waals surface area contributed by atoms with Crippen LogP contribution in [-0.4, -0.2) is 44.5 Å². The minimum absolute atomic E-state index is 0.0884. The monoisotopic (exact) mass is 426 g/mol. The van der Waals surface area contributed by atoms with E-state index in [0.29, 0.717) is 6.61 Å². The van der Waals surface area contributed by atoms with Crippen molar-refractivity contribution in [3.8, 4) is 0 Å². The first-order valence-electron chi connectivity index (χ1n) is 9.94. The second kappa shape index (κ2) is 10.5. The molecule has 0 unspecified atom stereocenters. The number of carboxylic acids is 1. The first kappa shape index (κ1) is 23.7. The Balaban J connectivity index is 0.000000735. The Morgan fingerprint density at radius 1 is 1.07 bits per heavy atom. The molecule has 30 heavy (non-hydrogen) atoms. The third-order valence-electron chi connectivity index (χ3n) is 4.90. The van der Waals surface area contributed by atoms with E-state index >= 15 is 0 Å². The predicted octanol–water partition coefficient (Wildman–Crippen LogP) is 1.35. The molecule has 0 saturated carbocycles. The molecular formula is C24H30O5Si. The Bertz CT molecular complexity index is 813. The molecule has 0 bridgehead atoms. The predicted molar refractivity (Wildman–Crippen MR) is 119 cm³/mol. The highest BCUT2D eigenvalue weighted by Gasteiger charge is 2.51. The van der Waals surface area contributed by atoms with Crippen molar-refractivity contribution in [1.29, 1.82) is 0 Å². The van der Waals surface area contributed by atoms with Gasteiger partial charge < -0.3 is 19.4 Å². The van der Waals surface area contributed by atoms with E-state index in [9.17, 15) is 5.11 Å². The minimum Gasteiger partial charge on any atom is -0.550 e. The van der Waals surface area contributed by atoms with Crippen LogP contribution in [0.3, 0.4) is 0 Å². The van der Waals surface area contributed by atoms with Crippen molar-refractivity contribution >= 4 is 30.9 Å². The summed E-state index contributed by atoms with van der Waals surface area (Å²) in [4.78, 5) is 8.89. The summed E-state index contributed by atoms with van der Waals surface area (Å²) >= 11 is 0. The fourth-order valence-electron chi connectivity index (χ4n) is 3.62. The lowest BCUT2D eigenvalue weighted by Crippen LogP contribution is -2.67. The summed E-state index contributed by atoms with van der Waals surface area (Å²) in [5.74, 6) is -1.08. The number of carbonyl (C=O) groups excluding carboxylic acids is 2. The highest BCUT2D eigenvalue weighted by atomic mass is 28.4. The Hall–Kier alpha value is -2.54. The van der Waals surface area contributed by atoms with Crippen LogP contribution in [0.1, 0.15) is 27.7 Å². The molecule has 1 heterocycles. The van der Waals surface area contributed by atoms with Crippen LogP contribution in [-0.2, 0) is 13.6 Å². The Morgan fingerprint density at radius 2 is 1.53 bits per heavy atom. The number of allylic oxidation sites excluding steroid dienone is 1. The Labute approximate surface area is 179 Å². The van der Waals surface area contributed by atoms with Crippen molar-refractivity contribution in [2.24, 2.45) is 0 Å². The van der Waals surface area contributed by atoms with Gasteiger partial charge in [-0.15, -0.1) is 0 Å². The Kier molecular flexibility index (Phi) is 8.29. The van der Waals surface area contributed by atoms with Gasteiger partial charge in [0.1, 0.15) is 6.61 Å². The third kappa shape index (κ3) is 5.75. The molecule has 0 fully saturated rings. The molecule has 6 heteroatoms. The number of hydrogen-bond acceptors (Lipinski definition) is 4. The highest BCUT2D eigenvalue weighted by molar-refractivity contribution is 6.99. The van der Waals surface area contributed by atoms with Crippen LogP contribution >= 0.6 is 0 Å². The Morgan fingerprint density at radius 3 is 1.93 bits per heavy atom. The van der Waals surface area contributed by atoms with Gasteiger partial charge in [-0.2, -0.15) is 0 Å². The molecule has 1 aliphatic heterocycles. The quantitative estimate of drug-likeness (QED) is 0.445. The number of aldehydes is 1. The van der Waals surface area contributed by atoms with Crippen molar-refractivity contribution < 1.29 is 23.9 Å². The molecule has 1 N–H and O–H groups in total. The van der Waals surface area contributed by atoms with Gasteiger partial charge in [-0.3, -0.25) is 4.42 Å². The lowest BCUT2D eigenvalue weighted by molar-refractivity contribution is -0.512. The molecule has 2 atom stereocenters. The maximum absolute atomic E-state index is 10.2. The number of rotatable bonds is 5. The average molecular weight is 427 g/mol. The smallest absolute Gasteiger partial charge is 0.321 e. The standard InChI is InChI=1S/C22H27O3Si.C2H4O2/c1-22(2,3)26(18-11-6-4-7-12-18,19-13-8-5-9-14-19)25-17-21-20(23)15-10-16-24-21;1-2(3)4/h4-16,20-21,23H,17H2,1-3H3;1H3,(H,3,4)/q+1;/p-1/t20-,21+;/m0./s1. The summed E-state index contributed by atoms with van der Waals surface area (Å²) in [6, 6.07) is 21.0. The molecule has 0 aromatic heterocycles. The summed E-state index contributed by atoms with van der Waals surface area (Å²) in [5, 5.41) is 21.5. The van der Waals surface area contributed by atoms with Crippen LogP contribution in [0.25, 0.3) is 0 Å². The van der Waals surface area contributed by atoms with E-state index in [-0.39, 0.29) is 11.1 Å². The number of aliphatic carboxylic acids is 1. The molecule has 5 nitrogen and oxygen atoms in total. The van der Waals surface area contributed by atoms with Crippen LogP contribution in [0.15, 0.2) is 72.8 Å². The summed E-state index contributed by atoms with van der Waals surface area (Å²) in [5.41, 5.74) is 0. The fraction of sp³-hybridized carbons (Fsp3) is 0.333. The number of aliphatic hydroxyl groups excluding tert-OH is 1. The molecule has 3 rings (SSSR count). The molecule has 160 valence electrons. The van der Waals surface area contributed by atoms with E-state index in [1.54, 1.807) is 18.4 Å². The zero-order valence-electron chi connectivity index (χ0n) is 17.9. The molecule has 2 aromatic rings. The molecule has 1 aliphatic rings. The first-order valence-corrected chi connectivity index (χ1v) is 11.9. The normalized spacial score (nSPS) is 18.4. The zero-order valence-corrected chi connectivity index (χ0v) is 18.9. The maximum atomic E-state index is 10.2. The second-order valence-corrected chi connectivity index (χ2v) is 12.5. The molecule has 0 radical (unpaired) electrons. The van der Waals surface area contributed by atoms with Crippen molar-refractivity contribution in [3.05, 3.63) is 72.8 Å². The van der Waals surface area contributed by atoms with Crippen LogP contribution in [0.2, 0.25) is 5.04 Å². The molecule has 0 amide bonds. The van der Waals surface area contributed by atoms with Gasteiger partial charge in [-0.25, -0.2) is 0 Å². The van der Waals surface area contributed by atoms with Gasteiger partial charge in [0.25, 0.3) is 8.32 Å². The molecule has 2 aromatic carbocycles. The summed E-state index contributed by atoms with van der Waals surface area (Å²) in [7, 11) is -2.59. The minimum atomic E-state index is -2.59. The summed E-state index contributed by atoms with van der Waals surface area (Å²) in [6.07, 6.45) is 4.04. The van der Waals surface area contributed by atoms with E-state index in [1.165, 1.54) is 10.4 Å². The second-order valence-electron chi connectivity index (χ2n) is 8.15. The topological polar surface area (TPSA) is 80.9 Å². The van der Waals surface area contributed by atoms with Crippen LogP contribution in [0.4, 0.5) is 0 Å². The fourth-order valence-corrected chi connectivity index (χ4v) is 8.19. The van der Waals surface area contributed by atoms with Gasteiger partial charge in [0.2, 0.25) is 0 Å². The number of benzene rings is 2. The van der Waals surface area contributed by atoms with Crippen LogP contribution in [0.5, 0.6) is 0 Å². The van der Waals surface area contributed by atoms with Gasteiger partial charge in [-0.05, 0) is 28.4 Å². The number of carboxylic acid groups (broad SMARTS) is 1. The van der Waals surface area contributed by atoms with Gasteiger partial charge >= 0.3 is 12.4 Å². The molecular weight excluding hydrogens is 396 g/mol. The summed E-state index contributed by atoms with van der Waals surface area (Å²) < 4.78 is 12.4. The van der Waals surface area contributed by atoms with E-state index in [4.69, 9.17) is 18.8 Å². The number of hydrogen-bond donors (Lipinski definition) is 1. The SMILES string of the molecule is CC(=O)[O-].CC(C)(C)[Si](OC[C@H]1[O+]=CC=C[C@@H]1O)(c1ccccc1)c1ccccc1. The van der Waals surface area contributed by atoms with E-state index in [1.807, 2.05) is 12.1 Å². The van der Waals surface area contributed by atoms with E-state index < -0.39 is 20.4 Å². The van der Waals surface area contributed by atoms with Gasteiger partial charge in [-0.1, -0.05) is 81.4 Å². The van der Waals surface area contributed by atoms with Crippen molar-refractivity contribution in [3.63, 3.8) is 0 Å². The summed E-state index contributed by atoms with van der Waals surface area (Å²) in [6.45, 7) is 8.03. The van der Waals surface area contributed by atoms with Gasteiger partial charge in [0.15, 0.2) is 6.10 Å². The lowest BCUT2D eigenvalue weighted by Gasteiger charge is -2.43. The van der Waals surface area contributed by atoms with Crippen LogP contribution < -0.4 is 15.5 Å². The van der Waals surface area contributed by atoms with E-state index in [0.717, 1.165) is 6.92 Å². The first-order chi connectivity index (χ1) is 14.2. The van der Waals surface area contributed by atoms with Crippen LogP contribution in [0, 0.1) is 0 Å². The molecule has 0 aliphatic carbocycles. The van der Waals surface area contributed by atoms with Crippen molar-refractivity contribution in [2.45, 2.75) is 44.9 Å². The molecule has 0 saturated heterocycles. The lowest BCUT2D eigenvalue weighted by atomic mass is 10.2.